The van der Waals surface area contributed by atoms with Gasteiger partial charge in [0.15, 0.2) is 0 Å². The van der Waals surface area contributed by atoms with Gasteiger partial charge in [0, 0.05) is 6.61 Å². The van der Waals surface area contributed by atoms with Crippen LogP contribution in [-0.2, 0) is 10.3 Å². The van der Waals surface area contributed by atoms with Crippen LogP contribution in [0.25, 0.3) is 0 Å². The minimum Gasteiger partial charge on any atom is -0.383 e. The second kappa shape index (κ2) is 4.68. The molecule has 0 aromatic heterocycles. The lowest BCUT2D eigenvalue weighted by Crippen LogP contribution is -2.30. The lowest BCUT2D eigenvalue weighted by atomic mass is 9.96. The summed E-state index contributed by atoms with van der Waals surface area (Å²) in [6.07, 6.45) is 0. The third-order valence-corrected chi connectivity index (χ3v) is 2.09. The molecular formula is C11H14F2O2. The van der Waals surface area contributed by atoms with Crippen LogP contribution in [-0.4, -0.2) is 18.3 Å². The molecule has 1 unspecified atom stereocenters. The van der Waals surface area contributed by atoms with Gasteiger partial charge in [0.05, 0.1) is 12.2 Å². The molecule has 0 fully saturated rings. The molecule has 0 aliphatic rings. The van der Waals surface area contributed by atoms with Crippen molar-refractivity contribution in [2.75, 3.05) is 13.2 Å². The number of rotatable bonds is 4. The quantitative estimate of drug-likeness (QED) is 0.836. The van der Waals surface area contributed by atoms with Gasteiger partial charge in [-0.25, -0.2) is 8.78 Å². The minimum absolute atomic E-state index is 0.138. The third kappa shape index (κ3) is 2.73. The van der Waals surface area contributed by atoms with Crippen molar-refractivity contribution in [2.24, 2.45) is 0 Å². The Morgan fingerprint density at radius 2 is 1.87 bits per heavy atom. The number of hydrogen-bond acceptors (Lipinski definition) is 2. The Kier molecular flexibility index (Phi) is 3.77. The van der Waals surface area contributed by atoms with Crippen molar-refractivity contribution in [2.45, 2.75) is 19.4 Å². The van der Waals surface area contributed by atoms with Crippen molar-refractivity contribution in [3.63, 3.8) is 0 Å². The van der Waals surface area contributed by atoms with E-state index in [1.165, 1.54) is 13.0 Å². The molecule has 0 bridgehead atoms. The lowest BCUT2D eigenvalue weighted by molar-refractivity contribution is -0.0387. The highest BCUT2D eigenvalue weighted by Crippen LogP contribution is 2.26. The fourth-order valence-corrected chi connectivity index (χ4v) is 1.39. The van der Waals surface area contributed by atoms with Crippen LogP contribution in [0.4, 0.5) is 8.78 Å². The zero-order chi connectivity index (χ0) is 11.5. The molecule has 0 spiro atoms. The number of hydrogen-bond donors (Lipinski definition) is 1. The van der Waals surface area contributed by atoms with Gasteiger partial charge in [0.2, 0.25) is 0 Å². The molecule has 1 N–H and O–H groups in total. The van der Waals surface area contributed by atoms with Crippen molar-refractivity contribution in [3.05, 3.63) is 35.4 Å². The first-order valence-electron chi connectivity index (χ1n) is 4.73. The maximum atomic E-state index is 13.3. The van der Waals surface area contributed by atoms with Crippen molar-refractivity contribution >= 4 is 0 Å². The van der Waals surface area contributed by atoms with Gasteiger partial charge >= 0.3 is 0 Å². The zero-order valence-electron chi connectivity index (χ0n) is 8.76. The molecule has 0 heterocycles. The Morgan fingerprint density at radius 3 is 2.33 bits per heavy atom. The summed E-state index contributed by atoms with van der Waals surface area (Å²) in [4.78, 5) is 0. The highest BCUT2D eigenvalue weighted by atomic mass is 19.1. The fraction of sp³-hybridized carbons (Fsp3) is 0.455. The average molecular weight is 216 g/mol. The Labute approximate surface area is 87.5 Å². The Morgan fingerprint density at radius 1 is 1.33 bits per heavy atom. The van der Waals surface area contributed by atoms with E-state index in [0.29, 0.717) is 6.61 Å². The second-order valence-electron chi connectivity index (χ2n) is 3.51. The Bertz CT molecular complexity index is 317. The molecule has 1 atom stereocenters. The minimum atomic E-state index is -1.65. The van der Waals surface area contributed by atoms with Crippen LogP contribution < -0.4 is 0 Å². The summed E-state index contributed by atoms with van der Waals surface area (Å²) in [6.45, 7) is 3.31. The van der Waals surface area contributed by atoms with Gasteiger partial charge in [-0.3, -0.25) is 0 Å². The van der Waals surface area contributed by atoms with Crippen molar-refractivity contribution in [3.8, 4) is 0 Å². The summed E-state index contributed by atoms with van der Waals surface area (Å²) < 4.78 is 31.6. The van der Waals surface area contributed by atoms with Crippen LogP contribution in [0.1, 0.15) is 19.4 Å². The highest BCUT2D eigenvalue weighted by molar-refractivity contribution is 5.25. The molecule has 1 rings (SSSR count). The maximum Gasteiger partial charge on any atom is 0.132 e. The van der Waals surface area contributed by atoms with Gasteiger partial charge in [-0.1, -0.05) is 6.07 Å². The van der Waals surface area contributed by atoms with E-state index in [9.17, 15) is 13.9 Å². The van der Waals surface area contributed by atoms with Crippen LogP contribution in [0.2, 0.25) is 0 Å². The monoisotopic (exact) mass is 216 g/mol. The van der Waals surface area contributed by atoms with Crippen molar-refractivity contribution < 1.29 is 18.6 Å². The van der Waals surface area contributed by atoms with E-state index < -0.39 is 17.2 Å². The first-order valence-corrected chi connectivity index (χ1v) is 4.73. The number of ether oxygens (including phenoxy) is 1. The van der Waals surface area contributed by atoms with Gasteiger partial charge in [0.1, 0.15) is 17.2 Å². The topological polar surface area (TPSA) is 29.5 Å². The summed E-state index contributed by atoms with van der Waals surface area (Å²) in [5.41, 5.74) is -2.00. The molecule has 1 aromatic carbocycles. The molecule has 0 radical (unpaired) electrons. The van der Waals surface area contributed by atoms with Crippen LogP contribution in [0.15, 0.2) is 18.2 Å². The van der Waals surface area contributed by atoms with E-state index in [1.54, 1.807) is 6.92 Å². The number of benzene rings is 1. The predicted molar refractivity (Wildman–Crippen MR) is 52.4 cm³/mol. The van der Waals surface area contributed by atoms with E-state index in [4.69, 9.17) is 4.74 Å². The largest absolute Gasteiger partial charge is 0.383 e. The molecule has 4 heteroatoms. The Hall–Kier alpha value is -1.00. The molecule has 84 valence electrons. The zero-order valence-corrected chi connectivity index (χ0v) is 8.76. The van der Waals surface area contributed by atoms with Gasteiger partial charge in [-0.2, -0.15) is 0 Å². The van der Waals surface area contributed by atoms with Gasteiger partial charge in [-0.05, 0) is 26.0 Å². The molecule has 2 nitrogen and oxygen atoms in total. The summed E-state index contributed by atoms with van der Waals surface area (Å²) in [6, 6.07) is 3.47. The molecule has 0 saturated heterocycles. The highest BCUT2D eigenvalue weighted by Gasteiger charge is 2.30. The average Bonchev–Trinajstić information content (AvgIpc) is 2.14. The molecular weight excluding hydrogens is 202 g/mol. The molecule has 0 aliphatic carbocycles. The van der Waals surface area contributed by atoms with Crippen molar-refractivity contribution in [1.82, 2.24) is 0 Å². The molecule has 0 saturated carbocycles. The van der Waals surface area contributed by atoms with Gasteiger partial charge in [-0.15, -0.1) is 0 Å². The smallest absolute Gasteiger partial charge is 0.132 e. The molecule has 0 aliphatic heterocycles. The van der Waals surface area contributed by atoms with E-state index in [1.807, 2.05) is 0 Å². The standard InChI is InChI=1S/C11H14F2O2/c1-3-15-7-11(2,14)10-8(12)5-4-6-9(10)13/h4-6,14H,3,7H2,1-2H3. The molecule has 0 amide bonds. The first kappa shape index (κ1) is 12.1. The number of halogens is 2. The third-order valence-electron chi connectivity index (χ3n) is 2.09. The Balaban J connectivity index is 3.03. The SMILES string of the molecule is CCOCC(C)(O)c1c(F)cccc1F. The van der Waals surface area contributed by atoms with Crippen molar-refractivity contribution in [1.29, 1.82) is 0 Å². The second-order valence-corrected chi connectivity index (χ2v) is 3.51. The first-order chi connectivity index (χ1) is 6.99. The fourth-order valence-electron chi connectivity index (χ4n) is 1.39. The van der Waals surface area contributed by atoms with Gasteiger partial charge in [0.25, 0.3) is 0 Å². The summed E-state index contributed by atoms with van der Waals surface area (Å²) >= 11 is 0. The van der Waals surface area contributed by atoms with Crippen LogP contribution >= 0.6 is 0 Å². The van der Waals surface area contributed by atoms with E-state index in [-0.39, 0.29) is 12.2 Å². The van der Waals surface area contributed by atoms with Gasteiger partial charge < -0.3 is 9.84 Å². The van der Waals surface area contributed by atoms with Crippen LogP contribution in [0, 0.1) is 11.6 Å². The van der Waals surface area contributed by atoms with E-state index >= 15 is 0 Å². The number of aliphatic hydroxyl groups is 1. The summed E-state index contributed by atoms with van der Waals surface area (Å²) in [5.74, 6) is -1.53. The summed E-state index contributed by atoms with van der Waals surface area (Å²) in [7, 11) is 0. The molecule has 1 aromatic rings. The maximum absolute atomic E-state index is 13.3. The van der Waals surface area contributed by atoms with Crippen LogP contribution in [0.5, 0.6) is 0 Å². The van der Waals surface area contributed by atoms with E-state index in [2.05, 4.69) is 0 Å². The normalized spacial score (nSPS) is 15.0. The van der Waals surface area contributed by atoms with E-state index in [0.717, 1.165) is 12.1 Å². The molecule has 15 heavy (non-hydrogen) atoms. The predicted octanol–water partition coefficient (Wildman–Crippen LogP) is 2.21. The lowest BCUT2D eigenvalue weighted by Gasteiger charge is -2.24. The van der Waals surface area contributed by atoms with Crippen LogP contribution in [0.3, 0.4) is 0 Å². The summed E-state index contributed by atoms with van der Waals surface area (Å²) in [5, 5.41) is 9.87.